The molecule has 2 aromatic carbocycles. The maximum atomic E-state index is 6.11. The van der Waals surface area contributed by atoms with Gasteiger partial charge in [0, 0.05) is 35.2 Å². The third-order valence-corrected chi connectivity index (χ3v) is 5.55. The van der Waals surface area contributed by atoms with Gasteiger partial charge in [-0.15, -0.1) is 11.8 Å². The molecule has 4 rings (SSSR count). The lowest BCUT2D eigenvalue weighted by Crippen LogP contribution is -2.27. The highest BCUT2D eigenvalue weighted by Crippen LogP contribution is 2.30. The van der Waals surface area contributed by atoms with Crippen molar-refractivity contribution < 1.29 is 0 Å². The molecular weight excluding hydrogens is 328 g/mol. The van der Waals surface area contributed by atoms with Crippen LogP contribution >= 0.6 is 11.8 Å². The summed E-state index contributed by atoms with van der Waals surface area (Å²) < 4.78 is 0. The zero-order chi connectivity index (χ0) is 17.4. The Morgan fingerprint density at radius 1 is 1.20 bits per heavy atom. The van der Waals surface area contributed by atoms with E-state index >= 15 is 0 Å². The van der Waals surface area contributed by atoms with E-state index in [9.17, 15) is 0 Å². The zero-order valence-electron chi connectivity index (χ0n) is 14.3. The Kier molecular flexibility index (Phi) is 4.36. The van der Waals surface area contributed by atoms with Crippen molar-refractivity contribution in [1.82, 2.24) is 9.97 Å². The van der Waals surface area contributed by atoms with E-state index in [2.05, 4.69) is 55.1 Å². The van der Waals surface area contributed by atoms with Crippen molar-refractivity contribution in [2.75, 3.05) is 17.2 Å². The Labute approximate surface area is 152 Å². The number of nitrogens with two attached hydrogens (primary N) is 1. The Morgan fingerprint density at radius 2 is 2.04 bits per heavy atom. The predicted octanol–water partition coefficient (Wildman–Crippen LogP) is 3.88. The topological polar surface area (TPSA) is 55.0 Å². The first-order chi connectivity index (χ1) is 12.1. The van der Waals surface area contributed by atoms with Crippen LogP contribution in [0.4, 0.5) is 5.95 Å². The largest absolute Gasteiger partial charge is 0.336 e. The van der Waals surface area contributed by atoms with Gasteiger partial charge in [-0.25, -0.2) is 9.97 Å². The summed E-state index contributed by atoms with van der Waals surface area (Å²) in [7, 11) is 0. The van der Waals surface area contributed by atoms with Crippen molar-refractivity contribution >= 4 is 28.6 Å². The zero-order valence-corrected chi connectivity index (χ0v) is 15.1. The van der Waals surface area contributed by atoms with Crippen LogP contribution in [0.2, 0.25) is 0 Å². The average Bonchev–Trinajstić information content (AvgIpc) is 2.83. The Balaban J connectivity index is 1.80. The Bertz CT molecular complexity index is 923. The van der Waals surface area contributed by atoms with Crippen molar-refractivity contribution in [2.45, 2.75) is 24.4 Å². The quantitative estimate of drug-likeness (QED) is 0.761. The number of aromatic nitrogens is 2. The number of anilines is 1. The van der Waals surface area contributed by atoms with Gasteiger partial charge in [0.15, 0.2) is 0 Å². The number of hydrogen-bond acceptors (Lipinski definition) is 5. The number of nitrogens with zero attached hydrogens (tertiary/aromatic N) is 3. The van der Waals surface area contributed by atoms with Gasteiger partial charge in [0.2, 0.25) is 5.95 Å². The molecule has 5 heteroatoms. The minimum Gasteiger partial charge on any atom is -0.336 e. The normalized spacial score (nSPS) is 15.7. The highest BCUT2D eigenvalue weighted by Gasteiger charge is 2.19. The molecule has 0 bridgehead atoms. The summed E-state index contributed by atoms with van der Waals surface area (Å²) in [4.78, 5) is 13.2. The fraction of sp³-hybridized carbons (Fsp3) is 0.250. The summed E-state index contributed by atoms with van der Waals surface area (Å²) in [5, 5.41) is 0.996. The van der Waals surface area contributed by atoms with Gasteiger partial charge in [0.25, 0.3) is 0 Å². The monoisotopic (exact) mass is 349 g/mol. The molecule has 2 heterocycles. The van der Waals surface area contributed by atoms with Crippen LogP contribution in [0.3, 0.4) is 0 Å². The summed E-state index contributed by atoms with van der Waals surface area (Å²) in [6.07, 6.45) is 0. The van der Waals surface area contributed by atoms with E-state index in [1.807, 2.05) is 17.8 Å². The van der Waals surface area contributed by atoms with Gasteiger partial charge in [-0.1, -0.05) is 29.8 Å². The number of thioether (sulfide) groups is 1. The molecule has 3 aromatic rings. The lowest BCUT2D eigenvalue weighted by molar-refractivity contribution is 0.779. The highest BCUT2D eigenvalue weighted by atomic mass is 32.2. The first-order valence-electron chi connectivity index (χ1n) is 8.44. The molecule has 1 radical (unpaired) electrons. The molecule has 0 amide bonds. The van der Waals surface area contributed by atoms with Crippen LogP contribution in [0.1, 0.15) is 22.9 Å². The summed E-state index contributed by atoms with van der Waals surface area (Å²) >= 11 is 1.89. The molecule has 4 nitrogen and oxygen atoms in total. The van der Waals surface area contributed by atoms with Gasteiger partial charge < -0.3 is 10.6 Å². The molecule has 2 N–H and O–H groups in total. The first-order valence-corrected chi connectivity index (χ1v) is 9.43. The number of fused-ring (bicyclic) bond motifs is 2. The molecule has 0 fully saturated rings. The van der Waals surface area contributed by atoms with Gasteiger partial charge in [-0.2, -0.15) is 0 Å². The van der Waals surface area contributed by atoms with Crippen molar-refractivity contribution in [3.8, 4) is 0 Å². The van der Waals surface area contributed by atoms with Crippen molar-refractivity contribution in [2.24, 2.45) is 5.73 Å². The summed E-state index contributed by atoms with van der Waals surface area (Å²) in [5.41, 5.74) is 10.3. The minimum atomic E-state index is -0.375. The predicted molar refractivity (Wildman–Crippen MR) is 105 cm³/mol. The van der Waals surface area contributed by atoms with Crippen LogP contribution < -0.4 is 10.6 Å². The lowest BCUT2D eigenvalue weighted by Gasteiger charge is -2.22. The molecule has 0 spiro atoms. The summed E-state index contributed by atoms with van der Waals surface area (Å²) in [5.74, 6) is 1.75. The van der Waals surface area contributed by atoms with Crippen molar-refractivity contribution in [3.63, 3.8) is 0 Å². The van der Waals surface area contributed by atoms with E-state index in [-0.39, 0.29) is 6.04 Å². The lowest BCUT2D eigenvalue weighted by atomic mass is 10.1. The second kappa shape index (κ2) is 6.65. The third-order valence-electron chi connectivity index (χ3n) is 4.46. The SMILES string of the molecule is [CH2]C(N)c1nc(N2CCSc3ccccc3C2)nc2ccc(C)cc12. The minimum absolute atomic E-state index is 0.375. The molecule has 1 atom stereocenters. The van der Waals surface area contributed by atoms with Crippen LogP contribution in [-0.2, 0) is 6.54 Å². The highest BCUT2D eigenvalue weighted by molar-refractivity contribution is 7.99. The van der Waals surface area contributed by atoms with E-state index in [1.165, 1.54) is 16.0 Å². The summed E-state index contributed by atoms with van der Waals surface area (Å²) in [6.45, 7) is 7.78. The fourth-order valence-electron chi connectivity index (χ4n) is 3.17. The molecule has 0 aliphatic carbocycles. The van der Waals surface area contributed by atoms with Crippen molar-refractivity contribution in [1.29, 1.82) is 0 Å². The first kappa shape index (κ1) is 16.4. The van der Waals surface area contributed by atoms with E-state index in [1.54, 1.807) is 0 Å². The second-order valence-electron chi connectivity index (χ2n) is 6.41. The second-order valence-corrected chi connectivity index (χ2v) is 7.55. The molecule has 1 aromatic heterocycles. The molecule has 127 valence electrons. The average molecular weight is 349 g/mol. The molecule has 0 saturated carbocycles. The Morgan fingerprint density at radius 3 is 2.88 bits per heavy atom. The van der Waals surface area contributed by atoms with Gasteiger partial charge in [-0.3, -0.25) is 0 Å². The standard InChI is InChI=1S/C20H21N4S/c1-13-7-8-17-16(11-13)19(14(2)21)23-20(22-17)24-9-10-25-18-6-4-3-5-15(18)12-24/h3-8,11,14H,2,9-10,12,21H2,1H3. The molecule has 1 aliphatic rings. The van der Waals surface area contributed by atoms with Gasteiger partial charge >= 0.3 is 0 Å². The van der Waals surface area contributed by atoms with E-state index in [0.29, 0.717) is 0 Å². The maximum absolute atomic E-state index is 6.11. The fourth-order valence-corrected chi connectivity index (χ4v) is 4.20. The molecule has 1 aliphatic heterocycles. The molecule has 0 saturated heterocycles. The maximum Gasteiger partial charge on any atom is 0.226 e. The van der Waals surface area contributed by atoms with Crippen LogP contribution in [0.5, 0.6) is 0 Å². The number of hydrogen-bond donors (Lipinski definition) is 1. The van der Waals surface area contributed by atoms with Crippen LogP contribution in [0, 0.1) is 13.8 Å². The third kappa shape index (κ3) is 3.22. The van der Waals surface area contributed by atoms with Crippen LogP contribution in [-0.4, -0.2) is 22.3 Å². The van der Waals surface area contributed by atoms with E-state index in [4.69, 9.17) is 15.7 Å². The van der Waals surface area contributed by atoms with Gasteiger partial charge in [-0.05, 0) is 37.6 Å². The number of rotatable bonds is 2. The van der Waals surface area contributed by atoms with Crippen molar-refractivity contribution in [3.05, 3.63) is 66.2 Å². The van der Waals surface area contributed by atoms with Crippen LogP contribution in [0.25, 0.3) is 10.9 Å². The number of aryl methyl sites for hydroxylation is 1. The Hall–Kier alpha value is -2.11. The van der Waals surface area contributed by atoms with Gasteiger partial charge in [0.05, 0.1) is 11.2 Å². The number of benzene rings is 2. The molecule has 25 heavy (non-hydrogen) atoms. The molecule has 1 unspecified atom stereocenters. The van der Waals surface area contributed by atoms with E-state index in [0.717, 1.165) is 41.4 Å². The molecular formula is C20H21N4S. The smallest absolute Gasteiger partial charge is 0.226 e. The summed E-state index contributed by atoms with van der Waals surface area (Å²) in [6, 6.07) is 14.4. The van der Waals surface area contributed by atoms with E-state index < -0.39 is 0 Å². The van der Waals surface area contributed by atoms with Crippen LogP contribution in [0.15, 0.2) is 47.4 Å². The van der Waals surface area contributed by atoms with Gasteiger partial charge in [0.1, 0.15) is 0 Å².